The molecule has 0 aliphatic carbocycles. The molecule has 3 unspecified atom stereocenters. The highest BCUT2D eigenvalue weighted by Crippen LogP contribution is 2.38. The van der Waals surface area contributed by atoms with Crippen LogP contribution < -0.4 is 10.2 Å². The molecular formula is C62H115N2O7P. The van der Waals surface area contributed by atoms with Crippen molar-refractivity contribution in [2.75, 3.05) is 40.9 Å². The number of amides is 1. The fraction of sp³-hybridized carbons (Fsp3) is 0.806. The van der Waals surface area contributed by atoms with Gasteiger partial charge in [0.05, 0.1) is 33.8 Å². The summed E-state index contributed by atoms with van der Waals surface area (Å²) in [7, 11) is 1.17. The zero-order chi connectivity index (χ0) is 52.9. The van der Waals surface area contributed by atoms with Crippen LogP contribution in [0.2, 0.25) is 0 Å². The molecule has 0 rings (SSSR count). The Kier molecular flexibility index (Phi) is 50.5. The lowest BCUT2D eigenvalue weighted by atomic mass is 10.0. The number of ether oxygens (including phenoxy) is 1. The van der Waals surface area contributed by atoms with Crippen LogP contribution in [-0.2, 0) is 27.9 Å². The molecule has 0 spiro atoms. The number of quaternary nitrogens is 1. The number of rotatable bonds is 54. The average molecular weight is 1030 g/mol. The fourth-order valence-electron chi connectivity index (χ4n) is 8.58. The smallest absolute Gasteiger partial charge is 0.306 e. The monoisotopic (exact) mass is 1030 g/mol. The van der Waals surface area contributed by atoms with Crippen LogP contribution in [0.25, 0.3) is 0 Å². The van der Waals surface area contributed by atoms with Crippen LogP contribution in [0.5, 0.6) is 0 Å². The second-order valence-corrected chi connectivity index (χ2v) is 22.9. The molecule has 0 aromatic heterocycles. The van der Waals surface area contributed by atoms with E-state index >= 15 is 0 Å². The van der Waals surface area contributed by atoms with Crippen molar-refractivity contribution in [3.8, 4) is 0 Å². The largest absolute Gasteiger partial charge is 0.756 e. The van der Waals surface area contributed by atoms with Crippen LogP contribution >= 0.6 is 7.82 Å². The van der Waals surface area contributed by atoms with Gasteiger partial charge in [0.1, 0.15) is 19.3 Å². The van der Waals surface area contributed by atoms with Gasteiger partial charge in [0.2, 0.25) is 5.91 Å². The summed E-state index contributed by atoms with van der Waals surface area (Å²) in [6.07, 6.45) is 64.7. The van der Waals surface area contributed by atoms with Gasteiger partial charge in [-0.05, 0) is 76.7 Å². The molecule has 1 amide bonds. The number of likely N-dealkylation sites (N-methyl/N-ethyl adjacent to an activating group) is 1. The van der Waals surface area contributed by atoms with Crippen molar-refractivity contribution >= 4 is 19.7 Å². The van der Waals surface area contributed by atoms with Crippen LogP contribution in [0.1, 0.15) is 271 Å². The minimum Gasteiger partial charge on any atom is -0.756 e. The number of carbonyl (C=O) groups is 2. The molecule has 0 radical (unpaired) electrons. The van der Waals surface area contributed by atoms with Gasteiger partial charge in [-0.1, -0.05) is 242 Å². The molecular weight excluding hydrogens is 916 g/mol. The third-order valence-electron chi connectivity index (χ3n) is 13.2. The second-order valence-electron chi connectivity index (χ2n) is 21.5. The fourth-order valence-corrected chi connectivity index (χ4v) is 9.30. The van der Waals surface area contributed by atoms with Gasteiger partial charge in [-0.25, -0.2) is 0 Å². The van der Waals surface area contributed by atoms with Crippen LogP contribution in [0.3, 0.4) is 0 Å². The second kappa shape index (κ2) is 52.2. The Morgan fingerprint density at radius 3 is 1.36 bits per heavy atom. The van der Waals surface area contributed by atoms with E-state index in [1.165, 1.54) is 154 Å². The Morgan fingerprint density at radius 1 is 0.500 bits per heavy atom. The number of nitrogens with zero attached hydrogens (tertiary/aromatic N) is 1. The highest BCUT2D eigenvalue weighted by molar-refractivity contribution is 7.45. The van der Waals surface area contributed by atoms with Crippen molar-refractivity contribution in [1.82, 2.24) is 5.32 Å². The summed E-state index contributed by atoms with van der Waals surface area (Å²) >= 11 is 0. The van der Waals surface area contributed by atoms with Gasteiger partial charge in [0.25, 0.3) is 7.82 Å². The van der Waals surface area contributed by atoms with E-state index < -0.39 is 26.6 Å². The summed E-state index contributed by atoms with van der Waals surface area (Å²) in [5.41, 5.74) is 0. The van der Waals surface area contributed by atoms with Gasteiger partial charge in [0.15, 0.2) is 0 Å². The maximum atomic E-state index is 13.5. The number of carbonyl (C=O) groups excluding carboxylic acids is 2. The summed E-state index contributed by atoms with van der Waals surface area (Å²) in [5.74, 6) is -0.562. The first-order chi connectivity index (χ1) is 34.9. The van der Waals surface area contributed by atoms with Crippen LogP contribution in [0, 0.1) is 0 Å². The summed E-state index contributed by atoms with van der Waals surface area (Å²) in [6.45, 7) is 6.70. The SMILES string of the molecule is CC/C=C/C=C/C=C\CCCCCCCC(=O)OC(/C=C\CCCCCCCCCCCC)C(COP(=O)([O-])OCC[N+](C)(C)C)NC(=O)CCCCCCCCCCCCC/C=C/CCCCCCCC. The lowest BCUT2D eigenvalue weighted by molar-refractivity contribution is -0.870. The first-order valence-corrected chi connectivity index (χ1v) is 31.6. The number of hydrogen-bond donors (Lipinski definition) is 1. The Balaban J connectivity index is 5.23. The molecule has 0 heterocycles. The molecule has 0 fully saturated rings. The lowest BCUT2D eigenvalue weighted by Gasteiger charge is -2.30. The lowest BCUT2D eigenvalue weighted by Crippen LogP contribution is -2.47. The molecule has 72 heavy (non-hydrogen) atoms. The normalized spacial score (nSPS) is 14.2. The van der Waals surface area contributed by atoms with Crippen molar-refractivity contribution in [3.05, 3.63) is 60.8 Å². The first kappa shape index (κ1) is 69.7. The summed E-state index contributed by atoms with van der Waals surface area (Å²) in [4.78, 5) is 39.9. The molecule has 0 saturated heterocycles. The van der Waals surface area contributed by atoms with Crippen molar-refractivity contribution in [2.24, 2.45) is 0 Å². The van der Waals surface area contributed by atoms with Gasteiger partial charge in [-0.2, -0.15) is 0 Å². The molecule has 0 aromatic rings. The molecule has 3 atom stereocenters. The van der Waals surface area contributed by atoms with E-state index in [1.807, 2.05) is 33.3 Å². The summed E-state index contributed by atoms with van der Waals surface area (Å²) in [6, 6.07) is -0.897. The van der Waals surface area contributed by atoms with Crippen LogP contribution in [0.4, 0.5) is 0 Å². The number of phosphoric acid groups is 1. The summed E-state index contributed by atoms with van der Waals surface area (Å²) < 4.78 is 30.2. The van der Waals surface area contributed by atoms with Crippen molar-refractivity contribution in [2.45, 2.75) is 283 Å². The minimum atomic E-state index is -4.70. The average Bonchev–Trinajstić information content (AvgIpc) is 3.34. The third kappa shape index (κ3) is 52.6. The van der Waals surface area contributed by atoms with Gasteiger partial charge in [-0.15, -0.1) is 0 Å². The molecule has 9 nitrogen and oxygen atoms in total. The van der Waals surface area contributed by atoms with Gasteiger partial charge < -0.3 is 28.5 Å². The zero-order valence-electron chi connectivity index (χ0n) is 47.9. The molecule has 420 valence electrons. The number of phosphoric ester groups is 1. The number of allylic oxidation sites excluding steroid dienone is 9. The number of hydrogen-bond acceptors (Lipinski definition) is 7. The molecule has 10 heteroatoms. The van der Waals surface area contributed by atoms with E-state index in [1.54, 1.807) is 0 Å². The molecule has 0 bridgehead atoms. The van der Waals surface area contributed by atoms with Crippen LogP contribution in [-0.4, -0.2) is 69.4 Å². The van der Waals surface area contributed by atoms with E-state index in [9.17, 15) is 19.0 Å². The quantitative estimate of drug-likeness (QED) is 0.0161. The predicted octanol–water partition coefficient (Wildman–Crippen LogP) is 17.6. The zero-order valence-corrected chi connectivity index (χ0v) is 48.8. The van der Waals surface area contributed by atoms with E-state index in [0.29, 0.717) is 23.9 Å². The Morgan fingerprint density at radius 2 is 0.903 bits per heavy atom. The van der Waals surface area contributed by atoms with Crippen molar-refractivity contribution in [1.29, 1.82) is 0 Å². The van der Waals surface area contributed by atoms with Crippen molar-refractivity contribution in [3.63, 3.8) is 0 Å². The molecule has 0 aliphatic rings. The molecule has 0 aromatic carbocycles. The highest BCUT2D eigenvalue weighted by Gasteiger charge is 2.27. The van der Waals surface area contributed by atoms with E-state index in [0.717, 1.165) is 77.0 Å². The van der Waals surface area contributed by atoms with E-state index in [4.69, 9.17) is 13.8 Å². The first-order valence-electron chi connectivity index (χ1n) is 30.1. The molecule has 0 saturated carbocycles. The Labute approximate surface area is 445 Å². The standard InChI is InChI=1S/C62H115N2O7P/c1-7-10-13-16-19-22-25-28-29-30-31-32-33-34-35-37-39-42-45-48-51-54-61(65)63-59(58-70-72(67,68)69-57-56-64(4,5)6)60(53-50-47-44-41-38-27-24-21-18-15-12-9-3)71-62(66)55-52-49-46-43-40-36-26-23-20-17-14-11-8-2/h11,14,17,20,23,26,28-29,50,53,59-60H,7-10,12-13,15-16,18-19,21-22,24-25,27,30-49,51-52,54-58H2,1-6H3,(H-,63,65,67,68)/b14-11+,20-17+,26-23-,29-28+,53-50-. The van der Waals surface area contributed by atoms with Crippen LogP contribution in [0.15, 0.2) is 60.8 Å². The maximum Gasteiger partial charge on any atom is 0.306 e. The van der Waals surface area contributed by atoms with E-state index in [2.05, 4.69) is 74.7 Å². The number of unbranched alkanes of at least 4 members (excludes halogenated alkanes) is 32. The Bertz CT molecular complexity index is 1420. The molecule has 1 N–H and O–H groups in total. The topological polar surface area (TPSA) is 114 Å². The van der Waals surface area contributed by atoms with E-state index in [-0.39, 0.29) is 24.9 Å². The third-order valence-corrected chi connectivity index (χ3v) is 14.2. The van der Waals surface area contributed by atoms with Crippen molar-refractivity contribution < 1.29 is 37.3 Å². The van der Waals surface area contributed by atoms with Gasteiger partial charge in [-0.3, -0.25) is 14.2 Å². The highest BCUT2D eigenvalue weighted by atomic mass is 31.2. The Hall–Kier alpha value is -2.29. The minimum absolute atomic E-state index is 0.0268. The van der Waals surface area contributed by atoms with Gasteiger partial charge in [0, 0.05) is 12.8 Å². The predicted molar refractivity (Wildman–Crippen MR) is 307 cm³/mol. The summed E-state index contributed by atoms with van der Waals surface area (Å²) in [5, 5.41) is 3.02. The maximum absolute atomic E-state index is 13.5. The van der Waals surface area contributed by atoms with Gasteiger partial charge >= 0.3 is 5.97 Å². The number of esters is 1. The number of nitrogens with one attached hydrogen (secondary N) is 1. The molecule has 0 aliphatic heterocycles.